The van der Waals surface area contributed by atoms with E-state index in [-0.39, 0.29) is 5.69 Å². The van der Waals surface area contributed by atoms with Gasteiger partial charge in [-0.05, 0) is 24.3 Å². The molecule has 0 spiro atoms. The molecule has 0 saturated heterocycles. The van der Waals surface area contributed by atoms with Crippen LogP contribution in [0, 0.1) is 0 Å². The average molecular weight is 232 g/mol. The molecule has 0 aromatic heterocycles. The molecule has 2 N–H and O–H groups in total. The zero-order valence-corrected chi connectivity index (χ0v) is 7.82. The minimum atomic E-state index is -4.39. The monoisotopic (exact) mass is 232 g/mol. The number of alkyl halides is 3. The Kier molecular flexibility index (Phi) is 3.49. The lowest BCUT2D eigenvalue weighted by molar-refractivity contribution is -0.137. The predicted octanol–water partition coefficient (Wildman–Crippen LogP) is 2.19. The van der Waals surface area contributed by atoms with Crippen LogP contribution in [0.25, 0.3) is 0 Å². The number of nitrogens with one attached hydrogen (secondary N) is 1. The summed E-state index contributed by atoms with van der Waals surface area (Å²) in [5.74, 6) is -1.25. The zero-order chi connectivity index (χ0) is 12.2. The Hall–Kier alpha value is -2.05. The van der Waals surface area contributed by atoms with Gasteiger partial charge < -0.3 is 5.11 Å². The third-order valence-electron chi connectivity index (χ3n) is 1.58. The molecule has 4 nitrogen and oxygen atoms in total. The molecular formula is C9H7F3N2O2. The van der Waals surface area contributed by atoms with Crippen LogP contribution in [0.1, 0.15) is 5.56 Å². The Morgan fingerprint density at radius 1 is 1.31 bits per heavy atom. The van der Waals surface area contributed by atoms with E-state index in [9.17, 15) is 18.0 Å². The van der Waals surface area contributed by atoms with Crippen LogP contribution in [0.4, 0.5) is 18.9 Å². The van der Waals surface area contributed by atoms with Crippen LogP contribution in [0.3, 0.4) is 0 Å². The topological polar surface area (TPSA) is 61.7 Å². The van der Waals surface area contributed by atoms with Gasteiger partial charge in [0.05, 0.1) is 11.3 Å². The third-order valence-corrected chi connectivity index (χ3v) is 1.58. The number of hydrogen-bond acceptors (Lipinski definition) is 3. The van der Waals surface area contributed by atoms with Crippen molar-refractivity contribution in [3.8, 4) is 0 Å². The molecule has 0 bridgehead atoms. The molecule has 1 aromatic carbocycles. The van der Waals surface area contributed by atoms with Crippen molar-refractivity contribution in [1.82, 2.24) is 0 Å². The molecule has 0 radical (unpaired) electrons. The van der Waals surface area contributed by atoms with Crippen LogP contribution in [0.5, 0.6) is 0 Å². The first-order valence-electron chi connectivity index (χ1n) is 4.09. The highest BCUT2D eigenvalue weighted by molar-refractivity contribution is 6.22. The highest BCUT2D eigenvalue weighted by Gasteiger charge is 2.29. The van der Waals surface area contributed by atoms with E-state index in [1.807, 2.05) is 0 Å². The Morgan fingerprint density at radius 3 is 2.31 bits per heavy atom. The standard InChI is InChI=1S/C9H7F3N2O2/c10-9(11,12)6-1-3-7(4-2-6)14-13-5-8(15)16/h1-5,14H,(H,15,16). The van der Waals surface area contributed by atoms with Crippen molar-refractivity contribution in [3.05, 3.63) is 29.8 Å². The third kappa shape index (κ3) is 3.60. The lowest BCUT2D eigenvalue weighted by Crippen LogP contribution is -2.04. The lowest BCUT2D eigenvalue weighted by atomic mass is 10.2. The number of aliphatic carboxylic acids is 1. The molecule has 0 atom stereocenters. The Labute approximate surface area is 88.4 Å². The Bertz CT molecular complexity index is 398. The van der Waals surface area contributed by atoms with Gasteiger partial charge in [-0.3, -0.25) is 5.43 Å². The molecule has 0 unspecified atom stereocenters. The highest BCUT2D eigenvalue weighted by atomic mass is 19.4. The average Bonchev–Trinajstić information content (AvgIpc) is 2.16. The molecule has 0 heterocycles. The Morgan fingerprint density at radius 2 is 1.88 bits per heavy atom. The number of carboxylic acids is 1. The van der Waals surface area contributed by atoms with E-state index in [0.29, 0.717) is 6.21 Å². The predicted molar refractivity (Wildman–Crippen MR) is 51.2 cm³/mol. The number of carboxylic acid groups (broad SMARTS) is 1. The molecule has 0 saturated carbocycles. The first-order valence-corrected chi connectivity index (χ1v) is 4.09. The van der Waals surface area contributed by atoms with Crippen LogP contribution in [-0.2, 0) is 11.0 Å². The van der Waals surface area contributed by atoms with E-state index in [4.69, 9.17) is 5.11 Å². The van der Waals surface area contributed by atoms with Crippen molar-refractivity contribution in [2.24, 2.45) is 5.10 Å². The molecule has 0 aliphatic rings. The maximum atomic E-state index is 12.1. The number of nitrogens with zero attached hydrogens (tertiary/aromatic N) is 1. The van der Waals surface area contributed by atoms with E-state index in [0.717, 1.165) is 24.3 Å². The fourth-order valence-corrected chi connectivity index (χ4v) is 0.896. The zero-order valence-electron chi connectivity index (χ0n) is 7.82. The second kappa shape index (κ2) is 4.65. The minimum Gasteiger partial charge on any atom is -0.477 e. The number of hydrogen-bond donors (Lipinski definition) is 2. The van der Waals surface area contributed by atoms with Crippen molar-refractivity contribution < 1.29 is 23.1 Å². The van der Waals surface area contributed by atoms with E-state index in [1.165, 1.54) is 0 Å². The van der Waals surface area contributed by atoms with E-state index >= 15 is 0 Å². The van der Waals surface area contributed by atoms with E-state index in [2.05, 4.69) is 10.5 Å². The molecule has 0 fully saturated rings. The summed E-state index contributed by atoms with van der Waals surface area (Å²) in [5.41, 5.74) is 1.77. The maximum absolute atomic E-state index is 12.1. The Balaban J connectivity index is 2.69. The summed E-state index contributed by atoms with van der Waals surface area (Å²) in [6.45, 7) is 0. The fraction of sp³-hybridized carbons (Fsp3) is 0.111. The van der Waals surface area contributed by atoms with Crippen LogP contribution in [0.15, 0.2) is 29.4 Å². The second-order valence-corrected chi connectivity index (χ2v) is 2.78. The number of benzene rings is 1. The lowest BCUT2D eigenvalue weighted by Gasteiger charge is -2.06. The van der Waals surface area contributed by atoms with Crippen LogP contribution >= 0.6 is 0 Å². The van der Waals surface area contributed by atoms with Gasteiger partial charge in [-0.1, -0.05) is 0 Å². The van der Waals surface area contributed by atoms with Gasteiger partial charge in [-0.2, -0.15) is 18.3 Å². The smallest absolute Gasteiger partial charge is 0.416 e. The molecule has 0 aliphatic heterocycles. The summed E-state index contributed by atoms with van der Waals surface area (Å²) in [6, 6.07) is 4.06. The van der Waals surface area contributed by atoms with Gasteiger partial charge in [0.1, 0.15) is 6.21 Å². The number of rotatable bonds is 3. The van der Waals surface area contributed by atoms with Gasteiger partial charge in [-0.25, -0.2) is 4.79 Å². The van der Waals surface area contributed by atoms with E-state index < -0.39 is 17.7 Å². The molecule has 1 aromatic rings. The molecule has 16 heavy (non-hydrogen) atoms. The first kappa shape index (κ1) is 12.0. The molecule has 86 valence electrons. The number of hydrazone groups is 1. The summed E-state index contributed by atoms with van der Waals surface area (Å²) in [7, 11) is 0. The van der Waals surface area contributed by atoms with Crippen LogP contribution in [0.2, 0.25) is 0 Å². The normalized spacial score (nSPS) is 11.7. The van der Waals surface area contributed by atoms with Crippen molar-refractivity contribution >= 4 is 17.9 Å². The van der Waals surface area contributed by atoms with Crippen LogP contribution in [-0.4, -0.2) is 17.3 Å². The quantitative estimate of drug-likeness (QED) is 0.620. The second-order valence-electron chi connectivity index (χ2n) is 2.78. The molecule has 0 aliphatic carbocycles. The van der Waals surface area contributed by atoms with Gasteiger partial charge >= 0.3 is 12.1 Å². The molecule has 0 amide bonds. The van der Waals surface area contributed by atoms with Crippen molar-refractivity contribution in [1.29, 1.82) is 0 Å². The molecule has 7 heteroatoms. The number of anilines is 1. The molecular weight excluding hydrogens is 225 g/mol. The van der Waals surface area contributed by atoms with Gasteiger partial charge in [0.25, 0.3) is 0 Å². The van der Waals surface area contributed by atoms with Crippen molar-refractivity contribution in [2.75, 3.05) is 5.43 Å². The summed E-state index contributed by atoms with van der Waals surface area (Å²) in [5, 5.41) is 11.5. The van der Waals surface area contributed by atoms with Gasteiger partial charge in [-0.15, -0.1) is 0 Å². The summed E-state index contributed by atoms with van der Waals surface area (Å²) >= 11 is 0. The SMILES string of the molecule is O=C(O)C=NNc1ccc(C(F)(F)F)cc1. The largest absolute Gasteiger partial charge is 0.477 e. The summed E-state index contributed by atoms with van der Waals surface area (Å²) in [6.07, 6.45) is -3.79. The number of carbonyl (C=O) groups is 1. The molecule has 1 rings (SSSR count). The highest BCUT2D eigenvalue weighted by Crippen LogP contribution is 2.29. The summed E-state index contributed by atoms with van der Waals surface area (Å²) in [4.78, 5) is 10.0. The first-order chi connectivity index (χ1) is 7.39. The van der Waals surface area contributed by atoms with Gasteiger partial charge in [0.15, 0.2) is 0 Å². The van der Waals surface area contributed by atoms with Crippen molar-refractivity contribution in [3.63, 3.8) is 0 Å². The summed E-state index contributed by atoms with van der Waals surface area (Å²) < 4.78 is 36.4. The fourth-order valence-electron chi connectivity index (χ4n) is 0.896. The maximum Gasteiger partial charge on any atom is 0.416 e. The van der Waals surface area contributed by atoms with Gasteiger partial charge in [0.2, 0.25) is 0 Å². The number of halogens is 3. The minimum absolute atomic E-state index is 0.269. The van der Waals surface area contributed by atoms with Crippen molar-refractivity contribution in [2.45, 2.75) is 6.18 Å². The van der Waals surface area contributed by atoms with E-state index in [1.54, 1.807) is 0 Å². The van der Waals surface area contributed by atoms with Crippen LogP contribution < -0.4 is 5.43 Å². The van der Waals surface area contributed by atoms with Gasteiger partial charge in [0, 0.05) is 0 Å².